The minimum Gasteiger partial charge on any atom is -0.494 e. The molecule has 0 aliphatic heterocycles. The Labute approximate surface area is 124 Å². The zero-order valence-electron chi connectivity index (χ0n) is 13.5. The maximum Gasteiger partial charge on any atom is 0.119 e. The molecule has 0 saturated heterocycles. The van der Waals surface area contributed by atoms with Crippen LogP contribution in [-0.4, -0.2) is 30.3 Å². The molecule has 0 radical (unpaired) electrons. The number of hydrogen-bond acceptors (Lipinski definition) is 3. The number of nitrogens with two attached hydrogens (primary N) is 1. The molecule has 20 heavy (non-hydrogen) atoms. The summed E-state index contributed by atoms with van der Waals surface area (Å²) in [6, 6.07) is 8.29. The SMILES string of the molecule is CCCN(CCC)C(C)(N)Cc1ccc(OCC)cc1. The van der Waals surface area contributed by atoms with Crippen LogP contribution in [0, 0.1) is 0 Å². The first-order valence-corrected chi connectivity index (χ1v) is 7.79. The van der Waals surface area contributed by atoms with Crippen LogP contribution in [0.4, 0.5) is 0 Å². The van der Waals surface area contributed by atoms with E-state index in [0.29, 0.717) is 6.61 Å². The lowest BCUT2D eigenvalue weighted by atomic mass is 9.99. The van der Waals surface area contributed by atoms with E-state index < -0.39 is 0 Å². The van der Waals surface area contributed by atoms with Gasteiger partial charge < -0.3 is 10.5 Å². The molecule has 114 valence electrons. The molecule has 0 bridgehead atoms. The van der Waals surface area contributed by atoms with Crippen molar-refractivity contribution in [1.29, 1.82) is 0 Å². The molecule has 1 aromatic carbocycles. The second kappa shape index (κ2) is 8.28. The number of nitrogens with zero attached hydrogens (tertiary/aromatic N) is 1. The summed E-state index contributed by atoms with van der Waals surface area (Å²) in [7, 11) is 0. The van der Waals surface area contributed by atoms with Crippen molar-refractivity contribution >= 4 is 0 Å². The molecule has 0 amide bonds. The normalized spacial score (nSPS) is 14.3. The molecule has 0 fully saturated rings. The number of hydrogen-bond donors (Lipinski definition) is 1. The second-order valence-corrected chi connectivity index (χ2v) is 5.60. The van der Waals surface area contributed by atoms with E-state index in [1.54, 1.807) is 0 Å². The van der Waals surface area contributed by atoms with Gasteiger partial charge in [-0.25, -0.2) is 0 Å². The molecule has 1 atom stereocenters. The van der Waals surface area contributed by atoms with Gasteiger partial charge in [-0.15, -0.1) is 0 Å². The Hall–Kier alpha value is -1.06. The quantitative estimate of drug-likeness (QED) is 0.703. The summed E-state index contributed by atoms with van der Waals surface area (Å²) in [6.07, 6.45) is 3.13. The molecule has 1 unspecified atom stereocenters. The summed E-state index contributed by atoms with van der Waals surface area (Å²) in [6.45, 7) is 11.3. The van der Waals surface area contributed by atoms with E-state index in [-0.39, 0.29) is 5.66 Å². The van der Waals surface area contributed by atoms with Crippen molar-refractivity contribution in [2.45, 2.75) is 52.6 Å². The van der Waals surface area contributed by atoms with Gasteiger partial charge in [-0.05, 0) is 57.5 Å². The Morgan fingerprint density at radius 3 is 2.05 bits per heavy atom. The van der Waals surface area contributed by atoms with Crippen molar-refractivity contribution in [3.8, 4) is 5.75 Å². The minimum atomic E-state index is -0.293. The summed E-state index contributed by atoms with van der Waals surface area (Å²) in [5.41, 5.74) is 7.52. The molecule has 2 N–H and O–H groups in total. The molecule has 0 saturated carbocycles. The Bertz CT molecular complexity index is 367. The highest BCUT2D eigenvalue weighted by Gasteiger charge is 2.26. The second-order valence-electron chi connectivity index (χ2n) is 5.60. The van der Waals surface area contributed by atoms with Gasteiger partial charge in [-0.3, -0.25) is 4.90 Å². The van der Waals surface area contributed by atoms with E-state index in [1.807, 2.05) is 19.1 Å². The third-order valence-electron chi connectivity index (χ3n) is 3.51. The van der Waals surface area contributed by atoms with Gasteiger partial charge in [-0.2, -0.15) is 0 Å². The minimum absolute atomic E-state index is 0.293. The fraction of sp³-hybridized carbons (Fsp3) is 0.647. The molecule has 3 nitrogen and oxygen atoms in total. The van der Waals surface area contributed by atoms with Crippen LogP contribution < -0.4 is 10.5 Å². The van der Waals surface area contributed by atoms with Crippen LogP contribution in [-0.2, 0) is 6.42 Å². The van der Waals surface area contributed by atoms with Crippen molar-refractivity contribution in [3.05, 3.63) is 29.8 Å². The van der Waals surface area contributed by atoms with Gasteiger partial charge in [0.25, 0.3) is 0 Å². The van der Waals surface area contributed by atoms with Crippen LogP contribution in [0.25, 0.3) is 0 Å². The highest BCUT2D eigenvalue weighted by atomic mass is 16.5. The molecule has 0 aliphatic rings. The number of rotatable bonds is 9. The summed E-state index contributed by atoms with van der Waals surface area (Å²) in [4.78, 5) is 2.39. The third-order valence-corrected chi connectivity index (χ3v) is 3.51. The van der Waals surface area contributed by atoms with Crippen LogP contribution >= 0.6 is 0 Å². The van der Waals surface area contributed by atoms with E-state index in [0.717, 1.165) is 38.1 Å². The van der Waals surface area contributed by atoms with E-state index >= 15 is 0 Å². The summed E-state index contributed by atoms with van der Waals surface area (Å²) >= 11 is 0. The zero-order chi connectivity index (χ0) is 15.0. The molecule has 0 heterocycles. The van der Waals surface area contributed by atoms with Crippen LogP contribution in [0.15, 0.2) is 24.3 Å². The molecular weight excluding hydrogens is 248 g/mol. The third kappa shape index (κ3) is 5.14. The predicted octanol–water partition coefficient (Wildman–Crippen LogP) is 3.42. The Balaban J connectivity index is 2.72. The zero-order valence-corrected chi connectivity index (χ0v) is 13.5. The highest BCUT2D eigenvalue weighted by Crippen LogP contribution is 2.19. The van der Waals surface area contributed by atoms with Crippen LogP contribution in [0.2, 0.25) is 0 Å². The van der Waals surface area contributed by atoms with Crippen LogP contribution in [0.5, 0.6) is 5.75 Å². The van der Waals surface area contributed by atoms with Crippen molar-refractivity contribution in [2.75, 3.05) is 19.7 Å². The van der Waals surface area contributed by atoms with Crippen LogP contribution in [0.1, 0.15) is 46.1 Å². The first kappa shape index (κ1) is 17.0. The Kier molecular flexibility index (Phi) is 7.03. The first-order valence-electron chi connectivity index (χ1n) is 7.79. The average Bonchev–Trinajstić information content (AvgIpc) is 2.41. The Morgan fingerprint density at radius 2 is 1.60 bits per heavy atom. The summed E-state index contributed by atoms with van der Waals surface area (Å²) in [5, 5.41) is 0. The van der Waals surface area contributed by atoms with E-state index in [2.05, 4.69) is 37.8 Å². The fourth-order valence-corrected chi connectivity index (χ4v) is 2.56. The van der Waals surface area contributed by atoms with Crippen molar-refractivity contribution < 1.29 is 4.74 Å². The van der Waals surface area contributed by atoms with E-state index in [1.165, 1.54) is 5.56 Å². The molecule has 3 heteroatoms. The van der Waals surface area contributed by atoms with Gasteiger partial charge in [0.1, 0.15) is 5.75 Å². The van der Waals surface area contributed by atoms with Crippen LogP contribution in [0.3, 0.4) is 0 Å². The molecule has 1 rings (SSSR count). The maximum atomic E-state index is 6.56. The van der Waals surface area contributed by atoms with Gasteiger partial charge in [0.2, 0.25) is 0 Å². The molecular formula is C17H30N2O. The standard InChI is InChI=1S/C17H30N2O/c1-5-12-19(13-6-2)17(4,18)14-15-8-10-16(11-9-15)20-7-3/h8-11H,5-7,12-14,18H2,1-4H3. The summed E-state index contributed by atoms with van der Waals surface area (Å²) in [5.74, 6) is 0.925. The lowest BCUT2D eigenvalue weighted by Gasteiger charge is -2.38. The van der Waals surface area contributed by atoms with Gasteiger partial charge in [0.15, 0.2) is 0 Å². The molecule has 0 spiro atoms. The molecule has 0 aliphatic carbocycles. The topological polar surface area (TPSA) is 38.5 Å². The number of benzene rings is 1. The van der Waals surface area contributed by atoms with E-state index in [9.17, 15) is 0 Å². The lowest BCUT2D eigenvalue weighted by Crippen LogP contribution is -2.55. The number of ether oxygens (including phenoxy) is 1. The van der Waals surface area contributed by atoms with Crippen molar-refractivity contribution in [2.24, 2.45) is 5.73 Å². The molecule has 0 aromatic heterocycles. The van der Waals surface area contributed by atoms with Gasteiger partial charge in [0.05, 0.1) is 12.3 Å². The summed E-state index contributed by atoms with van der Waals surface area (Å²) < 4.78 is 5.47. The average molecular weight is 278 g/mol. The van der Waals surface area contributed by atoms with Crippen molar-refractivity contribution in [3.63, 3.8) is 0 Å². The fourth-order valence-electron chi connectivity index (χ4n) is 2.56. The van der Waals surface area contributed by atoms with Gasteiger partial charge >= 0.3 is 0 Å². The maximum absolute atomic E-state index is 6.56. The van der Waals surface area contributed by atoms with Gasteiger partial charge in [-0.1, -0.05) is 26.0 Å². The predicted molar refractivity (Wildman–Crippen MR) is 86.1 cm³/mol. The van der Waals surface area contributed by atoms with E-state index in [4.69, 9.17) is 10.5 Å². The Morgan fingerprint density at radius 1 is 1.05 bits per heavy atom. The highest BCUT2D eigenvalue weighted by molar-refractivity contribution is 5.28. The smallest absolute Gasteiger partial charge is 0.119 e. The monoisotopic (exact) mass is 278 g/mol. The van der Waals surface area contributed by atoms with Gasteiger partial charge in [0, 0.05) is 6.42 Å². The van der Waals surface area contributed by atoms with Crippen molar-refractivity contribution in [1.82, 2.24) is 4.90 Å². The molecule has 1 aromatic rings. The largest absolute Gasteiger partial charge is 0.494 e. The lowest BCUT2D eigenvalue weighted by molar-refractivity contribution is 0.108. The first-order chi connectivity index (χ1) is 9.53.